The zero-order chi connectivity index (χ0) is 15.5. The molecule has 0 aliphatic carbocycles. The Kier molecular flexibility index (Phi) is 3.78. The van der Waals surface area contributed by atoms with Crippen LogP contribution in [-0.2, 0) is 4.79 Å². The Balaban J connectivity index is 1.97. The number of amides is 1. The molecule has 0 spiro atoms. The van der Waals surface area contributed by atoms with E-state index in [9.17, 15) is 9.90 Å². The molecule has 0 radical (unpaired) electrons. The van der Waals surface area contributed by atoms with Gasteiger partial charge in [-0.3, -0.25) is 4.79 Å². The summed E-state index contributed by atoms with van der Waals surface area (Å²) in [5.41, 5.74) is 3.35. The standard InChI is InChI=1S/C17H17N3O2/c1-2-3-16(22)20-15-10-19-17-14(15)8-12(9-18-17)11-4-6-13(21)7-5-11/h4-10,21H,2-3H2,1H3,(H,18,19)(H,20,22). The minimum Gasteiger partial charge on any atom is -0.508 e. The molecule has 0 aliphatic heterocycles. The van der Waals surface area contributed by atoms with E-state index in [1.807, 2.05) is 25.1 Å². The number of carbonyl (C=O) groups is 1. The largest absolute Gasteiger partial charge is 0.508 e. The molecule has 3 N–H and O–H groups in total. The molecule has 0 bridgehead atoms. The van der Waals surface area contributed by atoms with Crippen molar-refractivity contribution in [3.8, 4) is 16.9 Å². The highest BCUT2D eigenvalue weighted by molar-refractivity contribution is 6.01. The van der Waals surface area contributed by atoms with Crippen LogP contribution >= 0.6 is 0 Å². The fourth-order valence-electron chi connectivity index (χ4n) is 2.36. The van der Waals surface area contributed by atoms with Crippen LogP contribution in [0.4, 0.5) is 5.69 Å². The number of nitrogens with zero attached hydrogens (tertiary/aromatic N) is 1. The summed E-state index contributed by atoms with van der Waals surface area (Å²) >= 11 is 0. The molecule has 2 heterocycles. The van der Waals surface area contributed by atoms with Crippen molar-refractivity contribution < 1.29 is 9.90 Å². The van der Waals surface area contributed by atoms with Gasteiger partial charge in [0, 0.05) is 29.8 Å². The molecule has 2 aromatic heterocycles. The number of benzene rings is 1. The lowest BCUT2D eigenvalue weighted by Crippen LogP contribution is -2.10. The molecule has 0 atom stereocenters. The molecule has 3 rings (SSSR count). The number of hydrogen-bond donors (Lipinski definition) is 3. The van der Waals surface area contributed by atoms with E-state index in [1.165, 1.54) is 0 Å². The first-order valence-corrected chi connectivity index (χ1v) is 7.23. The van der Waals surface area contributed by atoms with Crippen LogP contribution in [-0.4, -0.2) is 21.0 Å². The molecule has 0 fully saturated rings. The van der Waals surface area contributed by atoms with Gasteiger partial charge in [0.2, 0.25) is 5.91 Å². The number of pyridine rings is 1. The third-order valence-electron chi connectivity index (χ3n) is 3.48. The van der Waals surface area contributed by atoms with Crippen LogP contribution in [0.2, 0.25) is 0 Å². The van der Waals surface area contributed by atoms with Crippen LogP contribution in [0.1, 0.15) is 19.8 Å². The Morgan fingerprint density at radius 2 is 2.05 bits per heavy atom. The highest BCUT2D eigenvalue weighted by Crippen LogP contribution is 2.28. The monoisotopic (exact) mass is 295 g/mol. The Morgan fingerprint density at radius 3 is 2.77 bits per heavy atom. The van der Waals surface area contributed by atoms with Crippen LogP contribution in [0.3, 0.4) is 0 Å². The van der Waals surface area contributed by atoms with Crippen molar-refractivity contribution in [3.05, 3.63) is 42.7 Å². The molecule has 1 aromatic carbocycles. The number of aromatic hydroxyl groups is 1. The predicted octanol–water partition coefficient (Wildman–Crippen LogP) is 3.67. The Bertz CT molecular complexity index is 806. The molecule has 5 nitrogen and oxygen atoms in total. The van der Waals surface area contributed by atoms with Crippen molar-refractivity contribution in [2.24, 2.45) is 0 Å². The molecule has 0 saturated carbocycles. The number of hydrogen-bond acceptors (Lipinski definition) is 3. The topological polar surface area (TPSA) is 78.0 Å². The van der Waals surface area contributed by atoms with Crippen LogP contribution < -0.4 is 5.32 Å². The predicted molar refractivity (Wildman–Crippen MR) is 86.7 cm³/mol. The van der Waals surface area contributed by atoms with Crippen LogP contribution in [0.5, 0.6) is 5.75 Å². The number of phenols is 1. The first kappa shape index (κ1) is 14.1. The van der Waals surface area contributed by atoms with Gasteiger partial charge in [0.05, 0.1) is 5.69 Å². The normalized spacial score (nSPS) is 10.8. The summed E-state index contributed by atoms with van der Waals surface area (Å²) in [5, 5.41) is 13.1. The average Bonchev–Trinajstić information content (AvgIpc) is 2.90. The van der Waals surface area contributed by atoms with Gasteiger partial charge in [0.25, 0.3) is 0 Å². The van der Waals surface area contributed by atoms with Gasteiger partial charge in [-0.15, -0.1) is 0 Å². The number of anilines is 1. The Labute approximate surface area is 128 Å². The second-order valence-corrected chi connectivity index (χ2v) is 5.17. The van der Waals surface area contributed by atoms with Crippen molar-refractivity contribution >= 4 is 22.6 Å². The van der Waals surface area contributed by atoms with E-state index in [4.69, 9.17) is 0 Å². The summed E-state index contributed by atoms with van der Waals surface area (Å²) in [6.07, 6.45) is 4.83. The summed E-state index contributed by atoms with van der Waals surface area (Å²) in [6.45, 7) is 1.97. The van der Waals surface area contributed by atoms with Gasteiger partial charge in [-0.25, -0.2) is 4.98 Å². The molecule has 0 aliphatic rings. The lowest BCUT2D eigenvalue weighted by atomic mass is 10.1. The highest BCUT2D eigenvalue weighted by Gasteiger charge is 2.09. The van der Waals surface area contributed by atoms with Gasteiger partial charge in [-0.2, -0.15) is 0 Å². The summed E-state index contributed by atoms with van der Waals surface area (Å²) in [7, 11) is 0. The molecule has 3 aromatic rings. The van der Waals surface area contributed by atoms with Gasteiger partial charge < -0.3 is 15.4 Å². The summed E-state index contributed by atoms with van der Waals surface area (Å²) in [5.74, 6) is 0.227. The first-order valence-electron chi connectivity index (χ1n) is 7.23. The molecule has 22 heavy (non-hydrogen) atoms. The van der Waals surface area contributed by atoms with Gasteiger partial charge in [0.15, 0.2) is 0 Å². The number of rotatable bonds is 4. The minimum absolute atomic E-state index is 0.00145. The van der Waals surface area contributed by atoms with Crippen LogP contribution in [0, 0.1) is 0 Å². The highest BCUT2D eigenvalue weighted by atomic mass is 16.3. The number of aromatic nitrogens is 2. The number of nitrogens with one attached hydrogen (secondary N) is 2. The van der Waals surface area contributed by atoms with Crippen molar-refractivity contribution in [2.45, 2.75) is 19.8 Å². The molecule has 112 valence electrons. The lowest BCUT2D eigenvalue weighted by molar-refractivity contribution is -0.116. The SMILES string of the molecule is CCCC(=O)Nc1c[nH]c2ncc(-c3ccc(O)cc3)cc12. The van der Waals surface area contributed by atoms with Crippen LogP contribution in [0.25, 0.3) is 22.2 Å². The van der Waals surface area contributed by atoms with Gasteiger partial charge >= 0.3 is 0 Å². The lowest BCUT2D eigenvalue weighted by Gasteiger charge is -2.05. The van der Waals surface area contributed by atoms with E-state index in [-0.39, 0.29) is 11.7 Å². The van der Waals surface area contributed by atoms with E-state index in [1.54, 1.807) is 24.5 Å². The number of carbonyl (C=O) groups excluding carboxylic acids is 1. The van der Waals surface area contributed by atoms with E-state index >= 15 is 0 Å². The fraction of sp³-hybridized carbons (Fsp3) is 0.176. The summed E-state index contributed by atoms with van der Waals surface area (Å²) < 4.78 is 0. The Hall–Kier alpha value is -2.82. The van der Waals surface area contributed by atoms with E-state index in [0.717, 1.165) is 34.3 Å². The molecule has 0 unspecified atom stereocenters. The zero-order valence-corrected chi connectivity index (χ0v) is 12.3. The first-order chi connectivity index (χ1) is 10.7. The maximum Gasteiger partial charge on any atom is 0.224 e. The molecule has 5 heteroatoms. The van der Waals surface area contributed by atoms with Crippen molar-refractivity contribution in [1.29, 1.82) is 0 Å². The van der Waals surface area contributed by atoms with E-state index < -0.39 is 0 Å². The molecular weight excluding hydrogens is 278 g/mol. The smallest absolute Gasteiger partial charge is 0.224 e. The number of H-pyrrole nitrogens is 1. The number of aromatic amines is 1. The molecule has 0 saturated heterocycles. The second-order valence-electron chi connectivity index (χ2n) is 5.17. The van der Waals surface area contributed by atoms with Crippen molar-refractivity contribution in [2.75, 3.05) is 5.32 Å². The number of phenolic OH excluding ortho intramolecular Hbond substituents is 1. The zero-order valence-electron chi connectivity index (χ0n) is 12.3. The maximum absolute atomic E-state index is 11.8. The summed E-state index contributed by atoms with van der Waals surface area (Å²) in [6, 6.07) is 8.92. The van der Waals surface area contributed by atoms with Crippen LogP contribution in [0.15, 0.2) is 42.7 Å². The van der Waals surface area contributed by atoms with Gasteiger partial charge in [0.1, 0.15) is 11.4 Å². The Morgan fingerprint density at radius 1 is 1.27 bits per heavy atom. The third-order valence-corrected chi connectivity index (χ3v) is 3.48. The quantitative estimate of drug-likeness (QED) is 0.687. The fourth-order valence-corrected chi connectivity index (χ4v) is 2.36. The number of fused-ring (bicyclic) bond motifs is 1. The van der Waals surface area contributed by atoms with Gasteiger partial charge in [-0.1, -0.05) is 19.1 Å². The van der Waals surface area contributed by atoms with Gasteiger partial charge in [-0.05, 0) is 30.2 Å². The van der Waals surface area contributed by atoms with Crippen molar-refractivity contribution in [3.63, 3.8) is 0 Å². The summed E-state index contributed by atoms with van der Waals surface area (Å²) in [4.78, 5) is 19.2. The second kappa shape index (κ2) is 5.89. The minimum atomic E-state index is -0.00145. The van der Waals surface area contributed by atoms with E-state index in [2.05, 4.69) is 15.3 Å². The molecular formula is C17H17N3O2. The van der Waals surface area contributed by atoms with Crippen molar-refractivity contribution in [1.82, 2.24) is 9.97 Å². The molecule has 1 amide bonds. The maximum atomic E-state index is 11.8. The van der Waals surface area contributed by atoms with E-state index in [0.29, 0.717) is 6.42 Å². The average molecular weight is 295 g/mol. The third kappa shape index (κ3) is 2.79.